The number of anilines is 3. The average molecular weight is 797 g/mol. The number of hydrogen-bond donors (Lipinski definition) is 0. The van der Waals surface area contributed by atoms with E-state index in [2.05, 4.69) is 217 Å². The van der Waals surface area contributed by atoms with E-state index in [0.29, 0.717) is 5.89 Å². The topological polar surface area (TPSA) is 29.3 Å². The van der Waals surface area contributed by atoms with Crippen LogP contribution in [0.5, 0.6) is 0 Å². The molecular weight excluding hydrogens is 757 g/mol. The zero-order valence-corrected chi connectivity index (χ0v) is 34.4. The molecule has 61 heavy (non-hydrogen) atoms. The third-order valence-electron chi connectivity index (χ3n) is 12.0. The zero-order chi connectivity index (χ0) is 40.6. The Morgan fingerprint density at radius 2 is 0.836 bits per heavy atom. The van der Waals surface area contributed by atoms with E-state index < -0.39 is 8.07 Å². The third kappa shape index (κ3) is 6.42. The number of oxazole rings is 1. The first-order valence-corrected chi connectivity index (χ1v) is 22.8. The Hall–Kier alpha value is -7.79. The first-order valence-electron chi connectivity index (χ1n) is 20.8. The van der Waals surface area contributed by atoms with Crippen LogP contribution >= 0.6 is 0 Å². The van der Waals surface area contributed by atoms with E-state index in [1.165, 1.54) is 26.3 Å². The van der Waals surface area contributed by atoms with Crippen LogP contribution < -0.4 is 25.6 Å². The minimum atomic E-state index is -2.72. The van der Waals surface area contributed by atoms with Gasteiger partial charge in [0.05, 0.1) is 0 Å². The van der Waals surface area contributed by atoms with Crippen LogP contribution in [0.4, 0.5) is 17.1 Å². The fourth-order valence-corrected chi connectivity index (χ4v) is 13.9. The molecule has 1 aromatic heterocycles. The number of rotatable bonds is 9. The second kappa shape index (κ2) is 15.4. The summed E-state index contributed by atoms with van der Waals surface area (Å²) in [7, 11) is -2.72. The Morgan fingerprint density at radius 3 is 1.46 bits per heavy atom. The van der Waals surface area contributed by atoms with Gasteiger partial charge in [-0.3, -0.25) is 0 Å². The summed E-state index contributed by atoms with van der Waals surface area (Å²) in [5.41, 5.74) is 8.13. The maximum atomic E-state index is 6.64. The lowest BCUT2D eigenvalue weighted by atomic mass is 9.99. The maximum Gasteiger partial charge on any atom is 0.227 e. The van der Waals surface area contributed by atoms with Crippen molar-refractivity contribution in [1.29, 1.82) is 0 Å². The van der Waals surface area contributed by atoms with E-state index in [4.69, 9.17) is 9.40 Å². The van der Waals surface area contributed by atoms with Crippen molar-refractivity contribution < 1.29 is 4.42 Å². The summed E-state index contributed by atoms with van der Waals surface area (Å²) in [4.78, 5) is 7.34. The van der Waals surface area contributed by atoms with Crippen molar-refractivity contribution in [2.45, 2.75) is 0 Å². The lowest BCUT2D eigenvalue weighted by Crippen LogP contribution is -2.74. The van der Waals surface area contributed by atoms with Crippen molar-refractivity contribution in [3.8, 4) is 22.6 Å². The van der Waals surface area contributed by atoms with E-state index in [9.17, 15) is 0 Å². The monoisotopic (exact) mass is 796 g/mol. The van der Waals surface area contributed by atoms with E-state index in [1.54, 1.807) is 0 Å². The normalized spacial score (nSPS) is 11.6. The molecular formula is C57H40N2OSi. The van der Waals surface area contributed by atoms with E-state index in [-0.39, 0.29) is 0 Å². The van der Waals surface area contributed by atoms with Crippen molar-refractivity contribution in [1.82, 2.24) is 4.98 Å². The molecule has 0 aliphatic carbocycles. The van der Waals surface area contributed by atoms with Gasteiger partial charge in [0.2, 0.25) is 5.89 Å². The van der Waals surface area contributed by atoms with Gasteiger partial charge in [0.15, 0.2) is 13.7 Å². The van der Waals surface area contributed by atoms with E-state index in [0.717, 1.165) is 60.8 Å². The predicted molar refractivity (Wildman–Crippen MR) is 258 cm³/mol. The highest BCUT2D eigenvalue weighted by molar-refractivity contribution is 7.19. The molecule has 0 fully saturated rings. The molecule has 0 spiro atoms. The van der Waals surface area contributed by atoms with Gasteiger partial charge < -0.3 is 9.32 Å². The molecule has 11 rings (SSSR count). The van der Waals surface area contributed by atoms with Gasteiger partial charge in [0, 0.05) is 28.0 Å². The highest BCUT2D eigenvalue weighted by Gasteiger charge is 2.41. The molecule has 0 bridgehead atoms. The molecule has 0 aliphatic heterocycles. The summed E-state index contributed by atoms with van der Waals surface area (Å²) < 4.78 is 6.64. The highest BCUT2D eigenvalue weighted by Crippen LogP contribution is 2.41. The van der Waals surface area contributed by atoms with Crippen molar-refractivity contribution >= 4 is 78.5 Å². The van der Waals surface area contributed by atoms with Crippen LogP contribution in [0.25, 0.3) is 55.2 Å². The molecule has 0 aliphatic rings. The van der Waals surface area contributed by atoms with Crippen molar-refractivity contribution in [2.24, 2.45) is 0 Å². The first kappa shape index (κ1) is 36.3. The summed E-state index contributed by atoms with van der Waals surface area (Å²) in [6.45, 7) is 0. The van der Waals surface area contributed by atoms with Crippen molar-refractivity contribution in [3.05, 3.63) is 243 Å². The van der Waals surface area contributed by atoms with E-state index in [1.807, 2.05) is 30.3 Å². The molecule has 3 nitrogen and oxygen atoms in total. The maximum absolute atomic E-state index is 6.64. The lowest BCUT2D eigenvalue weighted by molar-refractivity contribution is 0.623. The van der Waals surface area contributed by atoms with Crippen LogP contribution in [-0.4, -0.2) is 13.1 Å². The minimum Gasteiger partial charge on any atom is -0.435 e. The zero-order valence-electron chi connectivity index (χ0n) is 33.4. The third-order valence-corrected chi connectivity index (χ3v) is 16.8. The van der Waals surface area contributed by atoms with Crippen molar-refractivity contribution in [2.75, 3.05) is 4.90 Å². The largest absolute Gasteiger partial charge is 0.435 e. The Bertz CT molecular complexity index is 3180. The van der Waals surface area contributed by atoms with E-state index >= 15 is 0 Å². The van der Waals surface area contributed by atoms with Crippen LogP contribution in [-0.2, 0) is 0 Å². The molecule has 10 aromatic carbocycles. The second-order valence-corrected chi connectivity index (χ2v) is 19.3. The fraction of sp³-hybridized carbons (Fsp3) is 0. The SMILES string of the molecule is c1ccc(-c2cccc(N(c3ccc([Si](c4ccccc4)(c4ccccc4)c4ccccc4)cc3)c3ccc4ccc5ccc6nc(-c7ccccc7)oc6c5c4c3)c2)cc1. The number of hydrogen-bond acceptors (Lipinski definition) is 3. The Balaban J connectivity index is 1.12. The van der Waals surface area contributed by atoms with Crippen LogP contribution in [0.15, 0.2) is 247 Å². The summed E-state index contributed by atoms with van der Waals surface area (Å²) in [6, 6.07) is 87.7. The highest BCUT2D eigenvalue weighted by atomic mass is 28.3. The fourth-order valence-electron chi connectivity index (χ4n) is 9.18. The summed E-state index contributed by atoms with van der Waals surface area (Å²) in [5.74, 6) is 0.622. The standard InChI is InChI=1S/C57H40N2OSi/c1-6-17-41(18-7-1)45-21-16-22-47(39-45)59(48-33-31-42-29-30-43-32-38-54-56(55(43)53(42)40-48)60-57(58-54)44-19-8-2-9-20-44)46-34-36-52(37-35-46)61(49-23-10-3-11-24-49,50-25-12-4-13-26-50)51-27-14-5-15-28-51/h1-40H. The van der Waals surface area contributed by atoms with Gasteiger partial charge in [-0.25, -0.2) is 4.98 Å². The van der Waals surface area contributed by atoms with Crippen molar-refractivity contribution in [3.63, 3.8) is 0 Å². The second-order valence-electron chi connectivity index (χ2n) is 15.5. The Morgan fingerprint density at radius 1 is 0.361 bits per heavy atom. The Labute approximate surface area is 356 Å². The summed E-state index contributed by atoms with van der Waals surface area (Å²) in [6.07, 6.45) is 0. The molecule has 0 saturated heterocycles. The molecule has 11 aromatic rings. The molecule has 4 heteroatoms. The summed E-state index contributed by atoms with van der Waals surface area (Å²) >= 11 is 0. The predicted octanol–water partition coefficient (Wildman–Crippen LogP) is 12.3. The van der Waals surface area contributed by atoms with Gasteiger partial charge in [0.25, 0.3) is 0 Å². The minimum absolute atomic E-state index is 0.622. The van der Waals surface area contributed by atoms with Gasteiger partial charge in [-0.15, -0.1) is 0 Å². The molecule has 288 valence electrons. The molecule has 0 unspecified atom stereocenters. The Kier molecular flexibility index (Phi) is 9.18. The molecule has 0 N–H and O–H groups in total. The average Bonchev–Trinajstić information content (AvgIpc) is 3.79. The molecule has 0 saturated carbocycles. The molecule has 0 amide bonds. The summed E-state index contributed by atoms with van der Waals surface area (Å²) in [5, 5.41) is 9.79. The first-order chi connectivity index (χ1) is 30.2. The van der Waals surface area contributed by atoms with Crippen LogP contribution in [0, 0.1) is 0 Å². The molecule has 0 atom stereocenters. The van der Waals surface area contributed by atoms with Gasteiger partial charge >= 0.3 is 0 Å². The number of benzene rings is 10. The molecule has 1 heterocycles. The van der Waals surface area contributed by atoms with Crippen LogP contribution in [0.2, 0.25) is 0 Å². The number of nitrogens with zero attached hydrogens (tertiary/aromatic N) is 2. The number of fused-ring (bicyclic) bond motifs is 5. The lowest BCUT2D eigenvalue weighted by Gasteiger charge is -2.35. The molecule has 0 radical (unpaired) electrons. The van der Waals surface area contributed by atoms with Gasteiger partial charge in [-0.05, 0) is 103 Å². The van der Waals surface area contributed by atoms with Gasteiger partial charge in [-0.1, -0.05) is 188 Å². The van der Waals surface area contributed by atoms with Crippen LogP contribution in [0.3, 0.4) is 0 Å². The number of aromatic nitrogens is 1. The smallest absolute Gasteiger partial charge is 0.227 e. The van der Waals surface area contributed by atoms with Gasteiger partial charge in [-0.2, -0.15) is 0 Å². The quantitative estimate of drug-likeness (QED) is 0.0828. The van der Waals surface area contributed by atoms with Crippen LogP contribution in [0.1, 0.15) is 0 Å². The van der Waals surface area contributed by atoms with Gasteiger partial charge in [0.1, 0.15) is 5.52 Å².